The molecule has 2 heterocycles. The Kier molecular flexibility index (Phi) is 7.11. The van der Waals surface area contributed by atoms with Gasteiger partial charge in [-0.3, -0.25) is 0 Å². The smallest absolute Gasteiger partial charge is 0.160 e. The van der Waals surface area contributed by atoms with Crippen LogP contribution in [0, 0.1) is 0 Å². The lowest BCUT2D eigenvalue weighted by molar-refractivity contribution is 0.669. The molecule has 2 aromatic heterocycles. The molecule has 290 valence electrons. The summed E-state index contributed by atoms with van der Waals surface area (Å²) in [4.78, 5) is 10.5. The standard InChI is InChI=1S/C60H34N2O/c1-2-11-38(12-3-1)60-61-52(39-27-28-47-46-18-6-7-22-54(46)63-55(47)33-39)34-53(62-60)45-30-29-42(43-16-4-5-17-44(43)45)41-31-40-26-25-37-14-9-20-49-48-19-8-13-35-23-24-36-15-10-21-50(58(36)56(35)48)51(32-41)59(40)57(37)49/h1-34H. The molecule has 0 spiro atoms. The molecule has 14 rings (SSSR count). The maximum Gasteiger partial charge on any atom is 0.160 e. The first kappa shape index (κ1) is 34.3. The Bertz CT molecular complexity index is 4200. The van der Waals surface area contributed by atoms with Crippen molar-refractivity contribution < 1.29 is 4.42 Å². The molecule has 0 unspecified atom stereocenters. The number of para-hydroxylation sites is 1. The third kappa shape index (κ3) is 5.08. The molecule has 0 saturated heterocycles. The summed E-state index contributed by atoms with van der Waals surface area (Å²) in [5.74, 6) is 0.680. The van der Waals surface area contributed by atoms with Gasteiger partial charge in [-0.25, -0.2) is 9.97 Å². The number of hydrogen-bond donors (Lipinski definition) is 0. The van der Waals surface area contributed by atoms with E-state index in [2.05, 4.69) is 176 Å². The van der Waals surface area contributed by atoms with Crippen LogP contribution in [0.2, 0.25) is 0 Å². The molecule has 63 heavy (non-hydrogen) atoms. The first-order valence-electron chi connectivity index (χ1n) is 21.6. The Morgan fingerprint density at radius 2 is 0.810 bits per heavy atom. The van der Waals surface area contributed by atoms with Crippen molar-refractivity contribution in [3.8, 4) is 45.0 Å². The van der Waals surface area contributed by atoms with E-state index in [0.29, 0.717) is 5.82 Å². The molecule has 3 nitrogen and oxygen atoms in total. The molecule has 0 atom stereocenters. The molecular weight excluding hydrogens is 765 g/mol. The number of fused-ring (bicyclic) bond motifs is 6. The van der Waals surface area contributed by atoms with Gasteiger partial charge in [0, 0.05) is 27.5 Å². The van der Waals surface area contributed by atoms with Crippen LogP contribution >= 0.6 is 0 Å². The van der Waals surface area contributed by atoms with E-state index in [1.807, 2.05) is 30.3 Å². The molecule has 0 bridgehead atoms. The fourth-order valence-electron chi connectivity index (χ4n) is 10.5. The lowest BCUT2D eigenvalue weighted by Gasteiger charge is -2.18. The van der Waals surface area contributed by atoms with E-state index < -0.39 is 0 Å². The number of hydrogen-bond acceptors (Lipinski definition) is 3. The number of nitrogens with zero attached hydrogens (tertiary/aromatic N) is 2. The van der Waals surface area contributed by atoms with Gasteiger partial charge in [0.2, 0.25) is 0 Å². The lowest BCUT2D eigenvalue weighted by atomic mass is 9.86. The fraction of sp³-hybridized carbons (Fsp3) is 0. The molecule has 0 radical (unpaired) electrons. The van der Waals surface area contributed by atoms with Gasteiger partial charge in [0.05, 0.1) is 11.4 Å². The first-order chi connectivity index (χ1) is 31.2. The zero-order valence-corrected chi connectivity index (χ0v) is 33.9. The van der Waals surface area contributed by atoms with E-state index in [9.17, 15) is 0 Å². The third-order valence-electron chi connectivity index (χ3n) is 13.4. The molecule has 0 aliphatic heterocycles. The number of aromatic nitrogens is 2. The molecule has 0 fully saturated rings. The summed E-state index contributed by atoms with van der Waals surface area (Å²) < 4.78 is 6.34. The van der Waals surface area contributed by atoms with E-state index in [0.717, 1.165) is 55.4 Å². The maximum absolute atomic E-state index is 6.34. The van der Waals surface area contributed by atoms with Gasteiger partial charge in [0.15, 0.2) is 5.82 Å². The van der Waals surface area contributed by atoms with Crippen LogP contribution in [-0.2, 0) is 0 Å². The summed E-state index contributed by atoms with van der Waals surface area (Å²) in [6.45, 7) is 0. The zero-order chi connectivity index (χ0) is 41.2. The first-order valence-corrected chi connectivity index (χ1v) is 21.6. The second kappa shape index (κ2) is 13.1. The molecule has 0 aliphatic carbocycles. The summed E-state index contributed by atoms with van der Waals surface area (Å²) >= 11 is 0. The van der Waals surface area contributed by atoms with Crippen molar-refractivity contribution in [1.82, 2.24) is 9.97 Å². The average molecular weight is 799 g/mol. The largest absolute Gasteiger partial charge is 0.456 e. The van der Waals surface area contributed by atoms with Crippen molar-refractivity contribution >= 4 is 97.3 Å². The van der Waals surface area contributed by atoms with E-state index in [-0.39, 0.29) is 0 Å². The van der Waals surface area contributed by atoms with Gasteiger partial charge >= 0.3 is 0 Å². The summed E-state index contributed by atoms with van der Waals surface area (Å²) in [6.07, 6.45) is 0. The van der Waals surface area contributed by atoms with Gasteiger partial charge in [-0.05, 0) is 123 Å². The second-order valence-corrected chi connectivity index (χ2v) is 16.8. The maximum atomic E-state index is 6.34. The number of rotatable bonds is 4. The van der Waals surface area contributed by atoms with Gasteiger partial charge in [0.1, 0.15) is 11.2 Å². The summed E-state index contributed by atoms with van der Waals surface area (Å²) in [5.41, 5.74) is 8.79. The van der Waals surface area contributed by atoms with Crippen molar-refractivity contribution in [2.75, 3.05) is 0 Å². The number of furan rings is 1. The molecule has 0 N–H and O–H groups in total. The van der Waals surface area contributed by atoms with Crippen molar-refractivity contribution in [1.29, 1.82) is 0 Å². The highest BCUT2D eigenvalue weighted by molar-refractivity contribution is 6.37. The van der Waals surface area contributed by atoms with E-state index in [1.165, 1.54) is 81.1 Å². The van der Waals surface area contributed by atoms with Crippen molar-refractivity contribution in [3.63, 3.8) is 0 Å². The van der Waals surface area contributed by atoms with Crippen LogP contribution in [0.5, 0.6) is 0 Å². The Morgan fingerprint density at radius 3 is 1.52 bits per heavy atom. The lowest BCUT2D eigenvalue weighted by Crippen LogP contribution is -1.97. The highest BCUT2D eigenvalue weighted by Gasteiger charge is 2.19. The van der Waals surface area contributed by atoms with Crippen LogP contribution in [0.25, 0.3) is 142 Å². The third-order valence-corrected chi connectivity index (χ3v) is 13.4. The second-order valence-electron chi connectivity index (χ2n) is 16.8. The van der Waals surface area contributed by atoms with Crippen molar-refractivity contribution in [3.05, 3.63) is 206 Å². The molecule has 14 aromatic rings. The summed E-state index contributed by atoms with van der Waals surface area (Å²) in [5, 5.41) is 19.8. The molecular formula is C60H34N2O. The predicted molar refractivity (Wildman–Crippen MR) is 265 cm³/mol. The Balaban J connectivity index is 1.02. The normalized spacial score (nSPS) is 12.1. The SMILES string of the molecule is c1ccc(-c2nc(-c3ccc4c(c3)oc3ccccc34)cc(-c3ccc(-c4cc5ccc6cccc7c8cccc9ccc%10cccc(c(c4)c5c67)c%10c98)c4ccccc34)n2)cc1. The molecule has 0 amide bonds. The summed E-state index contributed by atoms with van der Waals surface area (Å²) in [6, 6.07) is 74.7. The molecule has 0 saturated carbocycles. The average Bonchev–Trinajstić information content (AvgIpc) is 3.73. The van der Waals surface area contributed by atoms with Crippen LogP contribution in [0.1, 0.15) is 0 Å². The Labute approximate surface area is 361 Å². The van der Waals surface area contributed by atoms with Crippen LogP contribution < -0.4 is 0 Å². The van der Waals surface area contributed by atoms with Gasteiger partial charge in [-0.2, -0.15) is 0 Å². The van der Waals surface area contributed by atoms with Gasteiger partial charge in [-0.1, -0.05) is 170 Å². The van der Waals surface area contributed by atoms with Crippen LogP contribution in [0.3, 0.4) is 0 Å². The highest BCUT2D eigenvalue weighted by Crippen LogP contribution is 2.46. The predicted octanol–water partition coefficient (Wildman–Crippen LogP) is 16.6. The van der Waals surface area contributed by atoms with Gasteiger partial charge in [0.25, 0.3) is 0 Å². The van der Waals surface area contributed by atoms with E-state index >= 15 is 0 Å². The molecule has 3 heteroatoms. The van der Waals surface area contributed by atoms with Crippen LogP contribution in [0.15, 0.2) is 211 Å². The van der Waals surface area contributed by atoms with Gasteiger partial charge < -0.3 is 4.42 Å². The Hall–Kier alpha value is -8.40. The minimum Gasteiger partial charge on any atom is -0.456 e. The van der Waals surface area contributed by atoms with E-state index in [4.69, 9.17) is 14.4 Å². The van der Waals surface area contributed by atoms with Crippen molar-refractivity contribution in [2.45, 2.75) is 0 Å². The quantitative estimate of drug-likeness (QED) is 0.167. The van der Waals surface area contributed by atoms with Crippen LogP contribution in [0.4, 0.5) is 0 Å². The zero-order valence-electron chi connectivity index (χ0n) is 33.9. The topological polar surface area (TPSA) is 38.9 Å². The Morgan fingerprint density at radius 1 is 0.270 bits per heavy atom. The fourth-order valence-corrected chi connectivity index (χ4v) is 10.5. The number of benzene rings is 11. The van der Waals surface area contributed by atoms with E-state index in [1.54, 1.807) is 0 Å². The minimum absolute atomic E-state index is 0.680. The molecule has 12 aromatic carbocycles. The van der Waals surface area contributed by atoms with Gasteiger partial charge in [-0.15, -0.1) is 0 Å². The van der Waals surface area contributed by atoms with Crippen LogP contribution in [-0.4, -0.2) is 9.97 Å². The van der Waals surface area contributed by atoms with Crippen molar-refractivity contribution in [2.24, 2.45) is 0 Å². The highest BCUT2D eigenvalue weighted by atomic mass is 16.3. The monoisotopic (exact) mass is 798 g/mol. The summed E-state index contributed by atoms with van der Waals surface area (Å²) in [7, 11) is 0. The molecule has 0 aliphatic rings. The minimum atomic E-state index is 0.680.